The van der Waals surface area contributed by atoms with Crippen LogP contribution >= 0.6 is 47.8 Å². The molecule has 0 N–H and O–H groups in total. The molecule has 0 atom stereocenters. The lowest BCUT2D eigenvalue weighted by molar-refractivity contribution is 1.59. The molecule has 0 saturated heterocycles. The van der Waals surface area contributed by atoms with E-state index in [0.29, 0.717) is 16.4 Å². The Morgan fingerprint density at radius 2 is 0.633 bits per heavy atom. The van der Waals surface area contributed by atoms with E-state index in [1.807, 2.05) is 72.8 Å². The average Bonchev–Trinajstić information content (AvgIpc) is 2.72. The van der Waals surface area contributed by atoms with Crippen LogP contribution in [-0.4, -0.2) is 23.5 Å². The van der Waals surface area contributed by atoms with Crippen molar-refractivity contribution in [3.05, 3.63) is 86.2 Å². The van der Waals surface area contributed by atoms with E-state index in [-0.39, 0.29) is 0 Å². The van der Waals surface area contributed by atoms with Crippen LogP contribution in [0.4, 0.5) is 0 Å². The van der Waals surface area contributed by atoms with Crippen molar-refractivity contribution in [1.82, 2.24) is 0 Å². The van der Waals surface area contributed by atoms with Gasteiger partial charge in [-0.1, -0.05) is 119 Å². The monoisotopic (exact) mass is 570 g/mol. The predicted molar refractivity (Wildman–Crippen MR) is 142 cm³/mol. The molecule has 4 aromatic carbocycles. The summed E-state index contributed by atoms with van der Waals surface area (Å²) in [4.78, 5) is 0. The van der Waals surface area contributed by atoms with Crippen LogP contribution in [0.2, 0.25) is 0 Å². The Hall–Kier alpha value is -1.49. The van der Waals surface area contributed by atoms with Crippen LogP contribution in [0.25, 0.3) is 33.4 Å². The summed E-state index contributed by atoms with van der Waals surface area (Å²) in [5, 5.41) is 0. The van der Waals surface area contributed by atoms with Gasteiger partial charge < -0.3 is 0 Å². The standard InChI is InChI=1S/C24H12B3Br3/c25-22-19(13-7-1-4-10-16(13)28)23(26)21(15-9-3-6-12-18(15)30)24(27)20(22)14-8-2-5-11-17(14)29/h1-12H. The first-order valence-corrected chi connectivity index (χ1v) is 11.5. The summed E-state index contributed by atoms with van der Waals surface area (Å²) in [5.41, 5.74) is 6.63. The Morgan fingerprint density at radius 3 is 0.867 bits per heavy atom. The number of hydrogen-bond acceptors (Lipinski definition) is 0. The van der Waals surface area contributed by atoms with Crippen molar-refractivity contribution in [2.45, 2.75) is 0 Å². The maximum Gasteiger partial charge on any atom is 0.115 e. The maximum absolute atomic E-state index is 6.76. The van der Waals surface area contributed by atoms with Crippen molar-refractivity contribution >= 4 is 87.7 Å². The second-order valence-corrected chi connectivity index (χ2v) is 9.37. The lowest BCUT2D eigenvalue weighted by Crippen LogP contribution is -2.33. The highest BCUT2D eigenvalue weighted by Crippen LogP contribution is 2.34. The van der Waals surface area contributed by atoms with E-state index >= 15 is 0 Å². The largest absolute Gasteiger partial charge is 0.115 e. The molecule has 0 aromatic heterocycles. The zero-order chi connectivity index (χ0) is 21.4. The number of rotatable bonds is 3. The van der Waals surface area contributed by atoms with Gasteiger partial charge in [0.25, 0.3) is 0 Å². The fourth-order valence-electron chi connectivity index (χ4n) is 3.67. The molecule has 0 aliphatic heterocycles. The summed E-state index contributed by atoms with van der Waals surface area (Å²) in [6.07, 6.45) is 0. The molecule has 0 aliphatic rings. The second-order valence-electron chi connectivity index (χ2n) is 6.81. The third kappa shape index (κ3) is 3.79. The third-order valence-electron chi connectivity index (χ3n) is 5.05. The molecule has 6 heteroatoms. The molecule has 0 aliphatic carbocycles. The van der Waals surface area contributed by atoms with E-state index in [2.05, 4.69) is 47.8 Å². The zero-order valence-corrected chi connectivity index (χ0v) is 20.6. The lowest BCUT2D eigenvalue weighted by Gasteiger charge is -2.26. The molecule has 4 rings (SSSR count). The highest BCUT2D eigenvalue weighted by molar-refractivity contribution is 9.11. The molecule has 0 bridgehead atoms. The van der Waals surface area contributed by atoms with Crippen LogP contribution in [0.3, 0.4) is 0 Å². The van der Waals surface area contributed by atoms with Crippen molar-refractivity contribution in [2.24, 2.45) is 0 Å². The Labute approximate surface area is 206 Å². The van der Waals surface area contributed by atoms with E-state index in [4.69, 9.17) is 23.5 Å². The van der Waals surface area contributed by atoms with E-state index in [1.165, 1.54) is 0 Å². The summed E-state index contributed by atoms with van der Waals surface area (Å²) in [6, 6.07) is 23.7. The number of hydrogen-bond donors (Lipinski definition) is 0. The van der Waals surface area contributed by atoms with Gasteiger partial charge in [0.1, 0.15) is 23.5 Å². The summed E-state index contributed by atoms with van der Waals surface area (Å²) in [7, 11) is 20.3. The highest BCUT2D eigenvalue weighted by atomic mass is 79.9. The van der Waals surface area contributed by atoms with Crippen LogP contribution in [-0.2, 0) is 0 Å². The van der Waals surface area contributed by atoms with E-state index in [1.54, 1.807) is 0 Å². The summed E-state index contributed by atoms with van der Waals surface area (Å²) >= 11 is 10.9. The zero-order valence-electron chi connectivity index (χ0n) is 15.8. The smallest absolute Gasteiger partial charge is 0.0823 e. The van der Waals surface area contributed by atoms with E-state index in [0.717, 1.165) is 46.8 Å². The fourth-order valence-corrected chi connectivity index (χ4v) is 5.12. The van der Waals surface area contributed by atoms with Crippen LogP contribution in [0.5, 0.6) is 0 Å². The molecule has 0 saturated carbocycles. The minimum atomic E-state index is 0.541. The van der Waals surface area contributed by atoms with Gasteiger partial charge in [0, 0.05) is 13.4 Å². The average molecular weight is 573 g/mol. The van der Waals surface area contributed by atoms with Crippen LogP contribution in [0.15, 0.2) is 86.2 Å². The van der Waals surface area contributed by atoms with Gasteiger partial charge in [-0.05, 0) is 51.6 Å². The Morgan fingerprint density at radius 1 is 0.400 bits per heavy atom. The van der Waals surface area contributed by atoms with Crippen molar-refractivity contribution in [2.75, 3.05) is 0 Å². The Bertz CT molecular complexity index is 1090. The van der Waals surface area contributed by atoms with Crippen LogP contribution < -0.4 is 16.4 Å². The first kappa shape index (κ1) is 21.7. The molecule has 0 unspecified atom stereocenters. The van der Waals surface area contributed by atoms with Crippen LogP contribution in [0, 0.1) is 0 Å². The van der Waals surface area contributed by atoms with Gasteiger partial charge in [0.15, 0.2) is 0 Å². The van der Waals surface area contributed by atoms with E-state index in [9.17, 15) is 0 Å². The normalized spacial score (nSPS) is 10.9. The molecule has 4 aromatic rings. The van der Waals surface area contributed by atoms with Gasteiger partial charge >= 0.3 is 0 Å². The molecule has 0 heterocycles. The number of halogens is 3. The molecule has 0 nitrogen and oxygen atoms in total. The summed E-state index contributed by atoms with van der Waals surface area (Å²) < 4.78 is 2.72. The van der Waals surface area contributed by atoms with Crippen LogP contribution in [0.1, 0.15) is 0 Å². The van der Waals surface area contributed by atoms with E-state index < -0.39 is 0 Å². The van der Waals surface area contributed by atoms with Crippen molar-refractivity contribution < 1.29 is 0 Å². The molecule has 0 spiro atoms. The van der Waals surface area contributed by atoms with Gasteiger partial charge in [0.2, 0.25) is 0 Å². The van der Waals surface area contributed by atoms with Crippen molar-refractivity contribution in [3.8, 4) is 33.4 Å². The van der Waals surface area contributed by atoms with Gasteiger partial charge in [-0.2, -0.15) is 0 Å². The topological polar surface area (TPSA) is 0 Å². The molecule has 30 heavy (non-hydrogen) atoms. The van der Waals surface area contributed by atoms with Gasteiger partial charge in [-0.15, -0.1) is 0 Å². The first-order chi connectivity index (χ1) is 14.4. The van der Waals surface area contributed by atoms with Crippen molar-refractivity contribution in [3.63, 3.8) is 0 Å². The summed E-state index contributed by atoms with van der Waals surface area (Å²) in [6.45, 7) is 0. The Kier molecular flexibility index (Phi) is 6.48. The SMILES string of the molecule is [B]c1c(-c2ccccc2Br)c([B])c(-c2ccccc2Br)c([B])c1-c1ccccc1Br. The minimum absolute atomic E-state index is 0.541. The molecule has 138 valence electrons. The predicted octanol–water partition coefficient (Wildman–Crippen LogP) is 5.36. The van der Waals surface area contributed by atoms with Gasteiger partial charge in [-0.25, -0.2) is 0 Å². The van der Waals surface area contributed by atoms with Crippen molar-refractivity contribution in [1.29, 1.82) is 0 Å². The highest BCUT2D eigenvalue weighted by Gasteiger charge is 2.22. The quantitative estimate of drug-likeness (QED) is 0.290. The fraction of sp³-hybridized carbons (Fsp3) is 0. The maximum atomic E-state index is 6.76. The molecule has 0 fully saturated rings. The molecule has 6 radical (unpaired) electrons. The second kappa shape index (κ2) is 8.94. The molecule has 0 amide bonds. The number of benzene rings is 4. The first-order valence-electron chi connectivity index (χ1n) is 9.17. The third-order valence-corrected chi connectivity index (χ3v) is 7.12. The minimum Gasteiger partial charge on any atom is -0.0823 e. The molecular weight excluding hydrogens is 560 g/mol. The summed E-state index contributed by atoms with van der Waals surface area (Å²) in [5.74, 6) is 0. The van der Waals surface area contributed by atoms with Gasteiger partial charge in [0.05, 0.1) is 0 Å². The molecular formula is C24H12B3Br3. The lowest BCUT2D eigenvalue weighted by atomic mass is 9.65. The Balaban J connectivity index is 2.19. The van der Waals surface area contributed by atoms with Gasteiger partial charge in [-0.3, -0.25) is 0 Å².